The van der Waals surface area contributed by atoms with E-state index in [0.29, 0.717) is 17.3 Å². The van der Waals surface area contributed by atoms with Crippen molar-refractivity contribution >= 4 is 29.3 Å². The molecule has 6 heteroatoms. The molecule has 114 valence electrons. The third-order valence-electron chi connectivity index (χ3n) is 3.42. The molecular formula is C15H19NO4S. The lowest BCUT2D eigenvalue weighted by Gasteiger charge is -2.07. The molecule has 1 unspecified atom stereocenters. The van der Waals surface area contributed by atoms with E-state index in [2.05, 4.69) is 5.32 Å². The zero-order valence-corrected chi connectivity index (χ0v) is 12.7. The lowest BCUT2D eigenvalue weighted by atomic mass is 10.1. The number of carboxylic acid groups (broad SMARTS) is 1. The van der Waals surface area contributed by atoms with Crippen molar-refractivity contribution in [1.29, 1.82) is 0 Å². The fourth-order valence-corrected chi connectivity index (χ4v) is 3.20. The lowest BCUT2D eigenvalue weighted by molar-refractivity contribution is -0.131. The Balaban J connectivity index is 1.87. The van der Waals surface area contributed by atoms with Gasteiger partial charge in [0.2, 0.25) is 0 Å². The molecule has 1 saturated heterocycles. The molecule has 0 aromatic carbocycles. The van der Waals surface area contributed by atoms with E-state index in [1.54, 1.807) is 6.07 Å². The van der Waals surface area contributed by atoms with Crippen molar-refractivity contribution < 1.29 is 19.4 Å². The van der Waals surface area contributed by atoms with E-state index in [-0.39, 0.29) is 5.91 Å². The molecule has 2 rings (SSSR count). The first-order valence-corrected chi connectivity index (χ1v) is 7.75. The van der Waals surface area contributed by atoms with Crippen LogP contribution in [0.1, 0.15) is 33.0 Å². The van der Waals surface area contributed by atoms with Crippen LogP contribution >= 0.6 is 11.3 Å². The zero-order valence-electron chi connectivity index (χ0n) is 11.9. The van der Waals surface area contributed by atoms with E-state index in [1.165, 1.54) is 17.4 Å². The molecule has 0 bridgehead atoms. The standard InChI is InChI=1S/C15H19NO4S/c1-10-8-13(21-12(10)2-3-14(17)18)15(19)16-6-4-11-5-7-20-9-11/h2-3,8,11H,4-7,9H2,1H3,(H,16,19)(H,17,18)/b3-2+. The molecule has 0 saturated carbocycles. The Labute approximate surface area is 127 Å². The van der Waals surface area contributed by atoms with Crippen LogP contribution in [0.3, 0.4) is 0 Å². The molecule has 1 fully saturated rings. The van der Waals surface area contributed by atoms with E-state index >= 15 is 0 Å². The Bertz CT molecular complexity index is 544. The fourth-order valence-electron chi connectivity index (χ4n) is 2.21. The fraction of sp³-hybridized carbons (Fsp3) is 0.467. The van der Waals surface area contributed by atoms with E-state index in [0.717, 1.165) is 42.6 Å². The third-order valence-corrected chi connectivity index (χ3v) is 4.62. The van der Waals surface area contributed by atoms with Gasteiger partial charge in [0, 0.05) is 30.7 Å². The molecule has 1 aliphatic heterocycles. The Kier molecular flexibility index (Phi) is 5.52. The summed E-state index contributed by atoms with van der Waals surface area (Å²) in [5.74, 6) is -0.547. The van der Waals surface area contributed by atoms with Gasteiger partial charge < -0.3 is 15.2 Å². The highest BCUT2D eigenvalue weighted by atomic mass is 32.1. The number of hydrogen-bond acceptors (Lipinski definition) is 4. The van der Waals surface area contributed by atoms with Gasteiger partial charge in [0.1, 0.15) is 0 Å². The van der Waals surface area contributed by atoms with Crippen LogP contribution in [-0.2, 0) is 9.53 Å². The maximum Gasteiger partial charge on any atom is 0.328 e. The molecule has 1 aliphatic rings. The summed E-state index contributed by atoms with van der Waals surface area (Å²) in [7, 11) is 0. The minimum atomic E-state index is -0.993. The first kappa shape index (κ1) is 15.7. The summed E-state index contributed by atoms with van der Waals surface area (Å²) in [6.07, 6.45) is 4.61. The van der Waals surface area contributed by atoms with Gasteiger partial charge >= 0.3 is 5.97 Å². The average molecular weight is 309 g/mol. The minimum absolute atomic E-state index is 0.100. The number of carbonyl (C=O) groups is 2. The van der Waals surface area contributed by atoms with Gasteiger partial charge in [0.15, 0.2) is 0 Å². The minimum Gasteiger partial charge on any atom is -0.478 e. The number of rotatable bonds is 6. The monoisotopic (exact) mass is 309 g/mol. The second-order valence-corrected chi connectivity index (χ2v) is 6.19. The number of carboxylic acids is 1. The highest BCUT2D eigenvalue weighted by Crippen LogP contribution is 2.23. The van der Waals surface area contributed by atoms with Crippen molar-refractivity contribution in [3.8, 4) is 0 Å². The van der Waals surface area contributed by atoms with Crippen molar-refractivity contribution in [2.75, 3.05) is 19.8 Å². The van der Waals surface area contributed by atoms with Gasteiger partial charge in [-0.3, -0.25) is 4.79 Å². The van der Waals surface area contributed by atoms with Crippen LogP contribution in [0.2, 0.25) is 0 Å². The van der Waals surface area contributed by atoms with E-state index in [1.807, 2.05) is 6.92 Å². The van der Waals surface area contributed by atoms with Crippen LogP contribution in [-0.4, -0.2) is 36.7 Å². The number of aliphatic carboxylic acids is 1. The van der Waals surface area contributed by atoms with E-state index in [9.17, 15) is 9.59 Å². The van der Waals surface area contributed by atoms with Gasteiger partial charge in [-0.15, -0.1) is 11.3 Å². The summed E-state index contributed by atoms with van der Waals surface area (Å²) in [6.45, 7) is 4.12. The summed E-state index contributed by atoms with van der Waals surface area (Å²) in [6, 6.07) is 1.79. The molecule has 0 spiro atoms. The number of hydrogen-bond donors (Lipinski definition) is 2. The first-order valence-electron chi connectivity index (χ1n) is 6.93. The smallest absolute Gasteiger partial charge is 0.328 e. The first-order chi connectivity index (χ1) is 10.1. The van der Waals surface area contributed by atoms with E-state index in [4.69, 9.17) is 9.84 Å². The maximum atomic E-state index is 12.0. The molecule has 1 aromatic rings. The normalized spacial score (nSPS) is 18.2. The SMILES string of the molecule is Cc1cc(C(=O)NCCC2CCOC2)sc1/C=C/C(=O)O. The van der Waals surface area contributed by atoms with Crippen molar-refractivity contribution in [3.63, 3.8) is 0 Å². The van der Waals surface area contributed by atoms with Crippen LogP contribution in [0.15, 0.2) is 12.1 Å². The summed E-state index contributed by atoms with van der Waals surface area (Å²) < 4.78 is 5.30. The predicted octanol–water partition coefficient (Wildman–Crippen LogP) is 2.31. The molecule has 21 heavy (non-hydrogen) atoms. The van der Waals surface area contributed by atoms with Crippen molar-refractivity contribution in [3.05, 3.63) is 27.5 Å². The quantitative estimate of drug-likeness (QED) is 0.791. The van der Waals surface area contributed by atoms with Crippen molar-refractivity contribution in [1.82, 2.24) is 5.32 Å². The number of carbonyl (C=O) groups excluding carboxylic acids is 1. The molecular weight excluding hydrogens is 290 g/mol. The summed E-state index contributed by atoms with van der Waals surface area (Å²) >= 11 is 1.31. The molecule has 0 aliphatic carbocycles. The lowest BCUT2D eigenvalue weighted by Crippen LogP contribution is -2.25. The summed E-state index contributed by atoms with van der Waals surface area (Å²) in [5, 5.41) is 11.5. The van der Waals surface area contributed by atoms with Gasteiger partial charge in [0.25, 0.3) is 5.91 Å². The Morgan fingerprint density at radius 2 is 2.38 bits per heavy atom. The largest absolute Gasteiger partial charge is 0.478 e. The van der Waals surface area contributed by atoms with Crippen LogP contribution < -0.4 is 5.32 Å². The number of thiophene rings is 1. The second kappa shape index (κ2) is 7.38. The second-order valence-electron chi connectivity index (χ2n) is 5.10. The summed E-state index contributed by atoms with van der Waals surface area (Å²) in [4.78, 5) is 24.0. The molecule has 0 radical (unpaired) electrons. The van der Waals surface area contributed by atoms with Gasteiger partial charge in [0.05, 0.1) is 4.88 Å². The van der Waals surface area contributed by atoms with E-state index < -0.39 is 5.97 Å². The highest BCUT2D eigenvalue weighted by molar-refractivity contribution is 7.15. The van der Waals surface area contributed by atoms with Gasteiger partial charge in [-0.2, -0.15) is 0 Å². The van der Waals surface area contributed by atoms with Gasteiger partial charge in [-0.25, -0.2) is 4.79 Å². The van der Waals surface area contributed by atoms with Gasteiger partial charge in [-0.1, -0.05) is 0 Å². The number of amides is 1. The topological polar surface area (TPSA) is 75.6 Å². The predicted molar refractivity (Wildman–Crippen MR) is 81.6 cm³/mol. The van der Waals surface area contributed by atoms with Crippen molar-refractivity contribution in [2.24, 2.45) is 5.92 Å². The molecule has 1 amide bonds. The van der Waals surface area contributed by atoms with Crippen LogP contribution in [0.25, 0.3) is 6.08 Å². The summed E-state index contributed by atoms with van der Waals surface area (Å²) in [5.41, 5.74) is 0.909. The maximum absolute atomic E-state index is 12.0. The van der Waals surface area contributed by atoms with Crippen LogP contribution in [0.5, 0.6) is 0 Å². The Morgan fingerprint density at radius 3 is 3.05 bits per heavy atom. The number of ether oxygens (including phenoxy) is 1. The number of nitrogens with one attached hydrogen (secondary N) is 1. The molecule has 1 atom stereocenters. The molecule has 2 N–H and O–H groups in total. The zero-order chi connectivity index (χ0) is 15.2. The number of aryl methyl sites for hydroxylation is 1. The Morgan fingerprint density at radius 1 is 1.57 bits per heavy atom. The van der Waals surface area contributed by atoms with Crippen LogP contribution in [0, 0.1) is 12.8 Å². The van der Waals surface area contributed by atoms with Gasteiger partial charge in [-0.05, 0) is 43.4 Å². The Hall–Kier alpha value is -1.66. The molecule has 2 heterocycles. The van der Waals surface area contributed by atoms with Crippen LogP contribution in [0.4, 0.5) is 0 Å². The molecule has 1 aromatic heterocycles. The molecule has 5 nitrogen and oxygen atoms in total. The highest BCUT2D eigenvalue weighted by Gasteiger charge is 2.16. The average Bonchev–Trinajstić information content (AvgIpc) is 3.06. The third kappa shape index (κ3) is 4.68. The van der Waals surface area contributed by atoms with Crippen molar-refractivity contribution in [2.45, 2.75) is 19.8 Å².